The molecular weight excluding hydrogens is 262 g/mol. The summed E-state index contributed by atoms with van der Waals surface area (Å²) in [5.41, 5.74) is 0.703. The van der Waals surface area contributed by atoms with Gasteiger partial charge in [-0.3, -0.25) is 14.9 Å². The number of hydrogen-bond donors (Lipinski definition) is 2. The van der Waals surface area contributed by atoms with Crippen molar-refractivity contribution in [3.8, 4) is 5.75 Å². The van der Waals surface area contributed by atoms with Gasteiger partial charge < -0.3 is 15.4 Å². The van der Waals surface area contributed by atoms with Crippen molar-refractivity contribution in [2.75, 3.05) is 18.5 Å². The lowest BCUT2D eigenvalue weighted by Crippen LogP contribution is -2.41. The van der Waals surface area contributed by atoms with E-state index >= 15 is 0 Å². The minimum Gasteiger partial charge on any atom is -0.487 e. The second-order valence-corrected chi connectivity index (χ2v) is 4.56. The fraction of sp³-hybridized carbons (Fsp3) is 0.462. The minimum atomic E-state index is -0.463. The van der Waals surface area contributed by atoms with E-state index in [-0.39, 0.29) is 23.4 Å². The Hall–Kier alpha value is -2.31. The summed E-state index contributed by atoms with van der Waals surface area (Å²) in [4.78, 5) is 21.5. The molecule has 1 aliphatic rings. The molecule has 0 aromatic heterocycles. The summed E-state index contributed by atoms with van der Waals surface area (Å²) in [7, 11) is 0. The number of hydrogen-bond acceptors (Lipinski definition) is 5. The van der Waals surface area contributed by atoms with Crippen LogP contribution in [0.15, 0.2) is 18.2 Å². The van der Waals surface area contributed by atoms with Crippen LogP contribution in [0.2, 0.25) is 0 Å². The van der Waals surface area contributed by atoms with Crippen LogP contribution in [0.3, 0.4) is 0 Å². The lowest BCUT2D eigenvalue weighted by Gasteiger charge is -2.24. The Balaban J connectivity index is 2.10. The monoisotopic (exact) mass is 279 g/mol. The van der Waals surface area contributed by atoms with Gasteiger partial charge in [-0.25, -0.2) is 0 Å². The number of anilines is 1. The van der Waals surface area contributed by atoms with E-state index in [0.717, 1.165) is 12.1 Å². The highest BCUT2D eigenvalue weighted by atomic mass is 16.6. The van der Waals surface area contributed by atoms with E-state index in [1.807, 2.05) is 0 Å². The molecule has 1 fully saturated rings. The van der Waals surface area contributed by atoms with Crippen LogP contribution in [-0.2, 0) is 4.79 Å². The fourth-order valence-corrected chi connectivity index (χ4v) is 2.12. The Morgan fingerprint density at radius 3 is 2.95 bits per heavy atom. The Morgan fingerprint density at radius 2 is 2.35 bits per heavy atom. The highest BCUT2D eigenvalue weighted by Crippen LogP contribution is 2.30. The zero-order chi connectivity index (χ0) is 14.5. The predicted octanol–water partition coefficient (Wildman–Crippen LogP) is 1.68. The van der Waals surface area contributed by atoms with Crippen molar-refractivity contribution >= 4 is 17.3 Å². The van der Waals surface area contributed by atoms with Crippen molar-refractivity contribution in [3.05, 3.63) is 28.3 Å². The van der Waals surface area contributed by atoms with Crippen molar-refractivity contribution in [1.82, 2.24) is 5.32 Å². The number of ether oxygens (including phenoxy) is 1. The van der Waals surface area contributed by atoms with Crippen molar-refractivity contribution in [3.63, 3.8) is 0 Å². The number of piperidine rings is 1. The van der Waals surface area contributed by atoms with Crippen molar-refractivity contribution in [1.29, 1.82) is 0 Å². The maximum Gasteiger partial charge on any atom is 0.311 e. The summed E-state index contributed by atoms with van der Waals surface area (Å²) in [5.74, 6) is 0.309. The Bertz CT molecular complexity index is 508. The largest absolute Gasteiger partial charge is 0.487 e. The van der Waals surface area contributed by atoms with Crippen molar-refractivity contribution < 1.29 is 14.5 Å². The van der Waals surface area contributed by atoms with Crippen LogP contribution >= 0.6 is 0 Å². The third-order valence-corrected chi connectivity index (χ3v) is 3.09. The number of carbonyl (C=O) groups is 1. The van der Waals surface area contributed by atoms with Crippen molar-refractivity contribution in [2.24, 2.45) is 0 Å². The zero-order valence-electron chi connectivity index (χ0n) is 11.2. The molecular formula is C13H17N3O4. The van der Waals surface area contributed by atoms with Gasteiger partial charge in [0, 0.05) is 36.8 Å². The summed E-state index contributed by atoms with van der Waals surface area (Å²) in [6.07, 6.45) is 1.23. The smallest absolute Gasteiger partial charge is 0.311 e. The van der Waals surface area contributed by atoms with E-state index in [1.165, 1.54) is 6.07 Å². The Kier molecular flexibility index (Phi) is 4.39. The maximum atomic E-state index is 11.1. The molecule has 20 heavy (non-hydrogen) atoms. The van der Waals surface area contributed by atoms with Crippen LogP contribution in [0.4, 0.5) is 11.4 Å². The maximum absolute atomic E-state index is 11.1. The molecule has 0 bridgehead atoms. The van der Waals surface area contributed by atoms with Gasteiger partial charge in [0.1, 0.15) is 0 Å². The molecule has 1 heterocycles. The van der Waals surface area contributed by atoms with E-state index in [1.54, 1.807) is 19.1 Å². The first kappa shape index (κ1) is 14.1. The van der Waals surface area contributed by atoms with Crippen LogP contribution in [-0.4, -0.2) is 30.0 Å². The number of nitrogens with zero attached hydrogens (tertiary/aromatic N) is 1. The molecule has 1 atom stereocenters. The SMILES string of the molecule is CCOc1cc(NC2CCC(=O)NC2)ccc1[N+](=O)[O-]. The van der Waals surface area contributed by atoms with Gasteiger partial charge in [0.15, 0.2) is 5.75 Å². The number of carbonyl (C=O) groups excluding carboxylic acids is 1. The molecule has 1 saturated heterocycles. The molecule has 1 aliphatic heterocycles. The zero-order valence-corrected chi connectivity index (χ0v) is 11.2. The van der Waals surface area contributed by atoms with Crippen LogP contribution in [0.5, 0.6) is 5.75 Å². The van der Waals surface area contributed by atoms with Gasteiger partial charge >= 0.3 is 5.69 Å². The third kappa shape index (κ3) is 3.37. The highest BCUT2D eigenvalue weighted by molar-refractivity contribution is 5.77. The molecule has 108 valence electrons. The van der Waals surface area contributed by atoms with E-state index in [4.69, 9.17) is 4.74 Å². The van der Waals surface area contributed by atoms with Gasteiger partial charge in [0.05, 0.1) is 11.5 Å². The Morgan fingerprint density at radius 1 is 1.55 bits per heavy atom. The van der Waals surface area contributed by atoms with Gasteiger partial charge in [-0.15, -0.1) is 0 Å². The number of benzene rings is 1. The van der Waals surface area contributed by atoms with E-state index in [0.29, 0.717) is 19.6 Å². The second-order valence-electron chi connectivity index (χ2n) is 4.56. The molecule has 1 amide bonds. The first-order valence-electron chi connectivity index (χ1n) is 6.54. The van der Waals surface area contributed by atoms with Gasteiger partial charge in [-0.05, 0) is 19.4 Å². The summed E-state index contributed by atoms with van der Waals surface area (Å²) in [5, 5.41) is 16.9. The molecule has 0 saturated carbocycles. The highest BCUT2D eigenvalue weighted by Gasteiger charge is 2.20. The third-order valence-electron chi connectivity index (χ3n) is 3.09. The van der Waals surface area contributed by atoms with Crippen LogP contribution in [0.25, 0.3) is 0 Å². The minimum absolute atomic E-state index is 0.0469. The Labute approximate surface area is 116 Å². The molecule has 1 unspecified atom stereocenters. The van der Waals surface area contributed by atoms with E-state index < -0.39 is 4.92 Å². The topological polar surface area (TPSA) is 93.5 Å². The molecule has 0 aliphatic carbocycles. The van der Waals surface area contributed by atoms with Crippen LogP contribution in [0, 0.1) is 10.1 Å². The second kappa shape index (κ2) is 6.23. The number of rotatable bonds is 5. The molecule has 2 N–H and O–H groups in total. The standard InChI is InChI=1S/C13H17N3O4/c1-2-20-12-7-9(3-5-11(12)16(18)19)15-10-4-6-13(17)14-8-10/h3,5,7,10,15H,2,4,6,8H2,1H3,(H,14,17). The van der Waals surface area contributed by atoms with Crippen molar-refractivity contribution in [2.45, 2.75) is 25.8 Å². The average molecular weight is 279 g/mol. The average Bonchev–Trinajstić information content (AvgIpc) is 2.42. The van der Waals surface area contributed by atoms with Gasteiger partial charge in [-0.1, -0.05) is 0 Å². The molecule has 0 radical (unpaired) electrons. The van der Waals surface area contributed by atoms with E-state index in [9.17, 15) is 14.9 Å². The van der Waals surface area contributed by atoms with Gasteiger partial charge in [-0.2, -0.15) is 0 Å². The van der Waals surface area contributed by atoms with Crippen LogP contribution < -0.4 is 15.4 Å². The summed E-state index contributed by atoms with van der Waals surface area (Å²) >= 11 is 0. The van der Waals surface area contributed by atoms with Gasteiger partial charge in [0.25, 0.3) is 0 Å². The summed E-state index contributed by atoms with van der Waals surface area (Å²) in [6, 6.07) is 4.83. The quantitative estimate of drug-likeness (QED) is 0.632. The molecule has 7 nitrogen and oxygen atoms in total. The molecule has 0 spiro atoms. The number of nitro benzene ring substituents is 1. The number of amides is 1. The van der Waals surface area contributed by atoms with Gasteiger partial charge in [0.2, 0.25) is 5.91 Å². The summed E-state index contributed by atoms with van der Waals surface area (Å²) < 4.78 is 5.29. The number of nitro groups is 1. The summed E-state index contributed by atoms with van der Waals surface area (Å²) in [6.45, 7) is 2.70. The fourth-order valence-electron chi connectivity index (χ4n) is 2.12. The normalized spacial score (nSPS) is 18.2. The predicted molar refractivity (Wildman–Crippen MR) is 73.9 cm³/mol. The molecule has 7 heteroatoms. The lowest BCUT2D eigenvalue weighted by atomic mass is 10.1. The number of nitrogens with one attached hydrogen (secondary N) is 2. The lowest BCUT2D eigenvalue weighted by molar-refractivity contribution is -0.385. The first-order valence-corrected chi connectivity index (χ1v) is 6.54. The van der Waals surface area contributed by atoms with E-state index in [2.05, 4.69) is 10.6 Å². The molecule has 2 rings (SSSR count). The molecule has 1 aromatic rings. The molecule has 1 aromatic carbocycles. The first-order chi connectivity index (χ1) is 9.60. The van der Waals surface area contributed by atoms with Crippen LogP contribution in [0.1, 0.15) is 19.8 Å².